The van der Waals surface area contributed by atoms with E-state index in [1.807, 2.05) is 0 Å². The van der Waals surface area contributed by atoms with Crippen molar-refractivity contribution in [1.29, 1.82) is 5.26 Å². The van der Waals surface area contributed by atoms with Gasteiger partial charge < -0.3 is 0 Å². The van der Waals surface area contributed by atoms with Crippen LogP contribution in [0.3, 0.4) is 0 Å². The highest BCUT2D eigenvalue weighted by atomic mass is 14.5. The van der Waals surface area contributed by atoms with Crippen LogP contribution in [-0.2, 0) is 0 Å². The van der Waals surface area contributed by atoms with Crippen molar-refractivity contribution in [2.45, 2.75) is 51.9 Å². The SMILES string of the molecule is CC(CC#N)C12CCCC1CCC2. The highest BCUT2D eigenvalue weighted by molar-refractivity contribution is 5.00. The van der Waals surface area contributed by atoms with Crippen LogP contribution in [0.1, 0.15) is 51.9 Å². The molecule has 0 amide bonds. The topological polar surface area (TPSA) is 23.8 Å². The summed E-state index contributed by atoms with van der Waals surface area (Å²) in [6.45, 7) is 2.30. The largest absolute Gasteiger partial charge is 0.198 e. The summed E-state index contributed by atoms with van der Waals surface area (Å²) in [5.41, 5.74) is 0.593. The molecule has 0 radical (unpaired) electrons. The summed E-state index contributed by atoms with van der Waals surface area (Å²) in [7, 11) is 0. The molecule has 0 heterocycles. The van der Waals surface area contributed by atoms with E-state index in [-0.39, 0.29) is 0 Å². The van der Waals surface area contributed by atoms with Gasteiger partial charge in [0.2, 0.25) is 0 Å². The van der Waals surface area contributed by atoms with Crippen LogP contribution in [0.5, 0.6) is 0 Å². The summed E-state index contributed by atoms with van der Waals surface area (Å²) < 4.78 is 0. The molecule has 2 aliphatic rings. The Labute approximate surface area is 81.1 Å². The maximum absolute atomic E-state index is 8.76. The molecule has 2 rings (SSSR count). The highest BCUT2D eigenvalue weighted by Gasteiger charge is 2.48. The van der Waals surface area contributed by atoms with E-state index in [9.17, 15) is 0 Å². The standard InChI is InChI=1S/C12H19N/c1-10(6-9-13)12-7-2-4-11(12)5-3-8-12/h10-11H,2-8H2,1H3. The molecule has 0 aromatic heterocycles. The second kappa shape index (κ2) is 3.33. The van der Waals surface area contributed by atoms with Crippen molar-refractivity contribution in [3.8, 4) is 6.07 Å². The summed E-state index contributed by atoms with van der Waals surface area (Å²) in [5.74, 6) is 1.61. The molecule has 13 heavy (non-hydrogen) atoms. The molecule has 1 heteroatoms. The van der Waals surface area contributed by atoms with E-state index in [0.717, 1.165) is 12.3 Å². The van der Waals surface area contributed by atoms with Gasteiger partial charge in [0.15, 0.2) is 0 Å². The first kappa shape index (κ1) is 9.06. The lowest BCUT2D eigenvalue weighted by molar-refractivity contribution is 0.144. The Morgan fingerprint density at radius 2 is 2.00 bits per heavy atom. The fourth-order valence-corrected chi connectivity index (χ4v) is 3.84. The Morgan fingerprint density at radius 1 is 1.38 bits per heavy atom. The van der Waals surface area contributed by atoms with E-state index in [4.69, 9.17) is 5.26 Å². The summed E-state index contributed by atoms with van der Waals surface area (Å²) in [4.78, 5) is 0. The minimum absolute atomic E-state index is 0.593. The van der Waals surface area contributed by atoms with Gasteiger partial charge in [-0.05, 0) is 42.9 Å². The second-order valence-corrected chi connectivity index (χ2v) is 4.98. The maximum atomic E-state index is 8.76. The molecule has 0 aromatic carbocycles. The molecule has 1 atom stereocenters. The third-order valence-electron chi connectivity index (χ3n) is 4.58. The molecule has 0 aromatic rings. The predicted octanol–water partition coefficient (Wildman–Crippen LogP) is 3.51. The molecular formula is C12H19N. The van der Waals surface area contributed by atoms with E-state index in [1.165, 1.54) is 38.5 Å². The molecule has 1 nitrogen and oxygen atoms in total. The van der Waals surface area contributed by atoms with Crippen LogP contribution < -0.4 is 0 Å². The number of hydrogen-bond donors (Lipinski definition) is 0. The zero-order valence-corrected chi connectivity index (χ0v) is 8.55. The number of hydrogen-bond acceptors (Lipinski definition) is 1. The Balaban J connectivity index is 2.13. The molecule has 0 spiro atoms. The van der Waals surface area contributed by atoms with Gasteiger partial charge in [-0.1, -0.05) is 19.8 Å². The van der Waals surface area contributed by atoms with Crippen molar-refractivity contribution < 1.29 is 0 Å². The molecule has 0 N–H and O–H groups in total. The number of rotatable bonds is 2. The smallest absolute Gasteiger partial charge is 0.0624 e. The van der Waals surface area contributed by atoms with Crippen LogP contribution in [0.4, 0.5) is 0 Å². The first-order valence-corrected chi connectivity index (χ1v) is 5.66. The van der Waals surface area contributed by atoms with E-state index in [1.54, 1.807) is 0 Å². The Hall–Kier alpha value is -0.510. The average molecular weight is 177 g/mol. The molecule has 2 aliphatic carbocycles. The van der Waals surface area contributed by atoms with E-state index in [2.05, 4.69) is 13.0 Å². The Kier molecular flexibility index (Phi) is 2.32. The zero-order valence-electron chi connectivity index (χ0n) is 8.55. The Bertz CT molecular complexity index is 216. The van der Waals surface area contributed by atoms with Crippen LogP contribution >= 0.6 is 0 Å². The monoisotopic (exact) mass is 177 g/mol. The lowest BCUT2D eigenvalue weighted by atomic mass is 9.69. The first-order valence-electron chi connectivity index (χ1n) is 5.66. The molecule has 1 unspecified atom stereocenters. The van der Waals surface area contributed by atoms with Crippen molar-refractivity contribution in [2.24, 2.45) is 17.3 Å². The van der Waals surface area contributed by atoms with Gasteiger partial charge in [0.1, 0.15) is 0 Å². The van der Waals surface area contributed by atoms with Gasteiger partial charge in [0.25, 0.3) is 0 Å². The summed E-state index contributed by atoms with van der Waals surface area (Å²) in [6.07, 6.45) is 9.30. The van der Waals surface area contributed by atoms with Crippen LogP contribution in [-0.4, -0.2) is 0 Å². The van der Waals surface area contributed by atoms with Crippen molar-refractivity contribution in [3.63, 3.8) is 0 Å². The number of nitriles is 1. The lowest BCUT2D eigenvalue weighted by Gasteiger charge is -2.35. The fraction of sp³-hybridized carbons (Fsp3) is 0.917. The van der Waals surface area contributed by atoms with Gasteiger partial charge in [-0.2, -0.15) is 5.26 Å². The van der Waals surface area contributed by atoms with Gasteiger partial charge in [-0.15, -0.1) is 0 Å². The normalized spacial score (nSPS) is 39.8. The molecule has 0 saturated heterocycles. The van der Waals surface area contributed by atoms with Gasteiger partial charge >= 0.3 is 0 Å². The quantitative estimate of drug-likeness (QED) is 0.633. The second-order valence-electron chi connectivity index (χ2n) is 4.98. The van der Waals surface area contributed by atoms with Crippen molar-refractivity contribution >= 4 is 0 Å². The Morgan fingerprint density at radius 3 is 2.54 bits per heavy atom. The minimum Gasteiger partial charge on any atom is -0.198 e. The molecular weight excluding hydrogens is 158 g/mol. The van der Waals surface area contributed by atoms with Crippen molar-refractivity contribution in [3.05, 3.63) is 0 Å². The lowest BCUT2D eigenvalue weighted by Crippen LogP contribution is -2.28. The minimum atomic E-state index is 0.593. The summed E-state index contributed by atoms with van der Waals surface area (Å²) in [5, 5.41) is 8.76. The average Bonchev–Trinajstić information content (AvgIpc) is 2.61. The van der Waals surface area contributed by atoms with Gasteiger partial charge in [-0.25, -0.2) is 0 Å². The van der Waals surface area contributed by atoms with Crippen molar-refractivity contribution in [1.82, 2.24) is 0 Å². The zero-order chi connectivity index (χ0) is 9.31. The van der Waals surface area contributed by atoms with Crippen LogP contribution in [0, 0.1) is 28.6 Å². The molecule has 2 fully saturated rings. The van der Waals surface area contributed by atoms with E-state index < -0.39 is 0 Å². The molecule has 72 valence electrons. The summed E-state index contributed by atoms with van der Waals surface area (Å²) in [6, 6.07) is 2.35. The fourth-order valence-electron chi connectivity index (χ4n) is 3.84. The number of fused-ring (bicyclic) bond motifs is 1. The van der Waals surface area contributed by atoms with E-state index in [0.29, 0.717) is 11.3 Å². The van der Waals surface area contributed by atoms with Crippen LogP contribution in [0.15, 0.2) is 0 Å². The maximum Gasteiger partial charge on any atom is 0.0624 e. The predicted molar refractivity (Wildman–Crippen MR) is 53.0 cm³/mol. The van der Waals surface area contributed by atoms with Crippen LogP contribution in [0.2, 0.25) is 0 Å². The molecule has 0 aliphatic heterocycles. The van der Waals surface area contributed by atoms with E-state index >= 15 is 0 Å². The van der Waals surface area contributed by atoms with Gasteiger partial charge in [0, 0.05) is 6.42 Å². The third-order valence-corrected chi connectivity index (χ3v) is 4.58. The van der Waals surface area contributed by atoms with Crippen molar-refractivity contribution in [2.75, 3.05) is 0 Å². The molecule has 0 bridgehead atoms. The molecule has 2 saturated carbocycles. The van der Waals surface area contributed by atoms with Crippen LogP contribution in [0.25, 0.3) is 0 Å². The van der Waals surface area contributed by atoms with Gasteiger partial charge in [-0.3, -0.25) is 0 Å². The first-order chi connectivity index (χ1) is 6.29. The highest BCUT2D eigenvalue weighted by Crippen LogP contribution is 2.58. The summed E-state index contributed by atoms with van der Waals surface area (Å²) >= 11 is 0. The number of nitrogens with zero attached hydrogens (tertiary/aromatic N) is 1. The van der Waals surface area contributed by atoms with Gasteiger partial charge in [0.05, 0.1) is 6.07 Å². The third kappa shape index (κ3) is 1.27.